The number of pyridine rings is 1. The van der Waals surface area contributed by atoms with Crippen LogP contribution in [-0.4, -0.2) is 32.2 Å². The molecule has 0 bridgehead atoms. The minimum absolute atomic E-state index is 0.0644. The van der Waals surface area contributed by atoms with Gasteiger partial charge in [-0.25, -0.2) is 4.79 Å². The van der Waals surface area contributed by atoms with Crippen LogP contribution in [-0.2, 0) is 6.54 Å². The van der Waals surface area contributed by atoms with Crippen LogP contribution < -0.4 is 5.32 Å². The van der Waals surface area contributed by atoms with E-state index in [9.17, 15) is 4.79 Å². The summed E-state index contributed by atoms with van der Waals surface area (Å²) in [4.78, 5) is 19.4. The molecule has 1 aliphatic rings. The first kappa shape index (κ1) is 16.6. The maximum atomic E-state index is 13.1. The number of aromatic nitrogens is 3. The number of urea groups is 1. The molecule has 1 aliphatic carbocycles. The first-order chi connectivity index (χ1) is 12.8. The number of hydrogen-bond acceptors (Lipinski definition) is 3. The molecule has 0 aliphatic heterocycles. The second-order valence-corrected chi connectivity index (χ2v) is 6.84. The summed E-state index contributed by atoms with van der Waals surface area (Å²) in [7, 11) is 0. The van der Waals surface area contributed by atoms with Crippen molar-refractivity contribution in [2.75, 3.05) is 5.32 Å². The molecule has 0 radical (unpaired) electrons. The zero-order valence-corrected chi connectivity index (χ0v) is 14.7. The van der Waals surface area contributed by atoms with Gasteiger partial charge in [-0.15, -0.1) is 0 Å². The Balaban J connectivity index is 1.54. The number of nitrogens with one attached hydrogen (secondary N) is 2. The van der Waals surface area contributed by atoms with Crippen LogP contribution in [0, 0.1) is 0 Å². The third kappa shape index (κ3) is 3.69. The standard InChI is InChI=1S/C20H23N5O/c26-20(23-16-9-10-19-15(12-16)13-22-24-19)25(18-7-2-1-3-8-18)14-17-6-4-5-11-21-17/h4-6,9-13,18H,1-3,7-8,14H2,(H,22,24)(H,23,26). The predicted molar refractivity (Wildman–Crippen MR) is 102 cm³/mol. The maximum absolute atomic E-state index is 13.1. The van der Waals surface area contributed by atoms with E-state index in [0.29, 0.717) is 6.54 Å². The number of carbonyl (C=O) groups excluding carboxylic acids is 1. The van der Waals surface area contributed by atoms with Crippen molar-refractivity contribution >= 4 is 22.6 Å². The minimum atomic E-state index is -0.0644. The fourth-order valence-electron chi connectivity index (χ4n) is 3.64. The molecular weight excluding hydrogens is 326 g/mol. The molecule has 2 aromatic heterocycles. The molecule has 1 aromatic carbocycles. The van der Waals surface area contributed by atoms with Crippen LogP contribution in [0.2, 0.25) is 0 Å². The molecule has 3 aromatic rings. The van der Waals surface area contributed by atoms with Gasteiger partial charge in [0.05, 0.1) is 24.0 Å². The van der Waals surface area contributed by atoms with Crippen molar-refractivity contribution in [1.82, 2.24) is 20.1 Å². The second kappa shape index (κ2) is 7.56. The van der Waals surface area contributed by atoms with Gasteiger partial charge in [-0.3, -0.25) is 10.1 Å². The summed E-state index contributed by atoms with van der Waals surface area (Å²) in [5, 5.41) is 11.0. The van der Waals surface area contributed by atoms with Gasteiger partial charge in [-0.1, -0.05) is 25.3 Å². The van der Waals surface area contributed by atoms with Gasteiger partial charge in [0.25, 0.3) is 0 Å². The summed E-state index contributed by atoms with van der Waals surface area (Å²) in [5.74, 6) is 0. The van der Waals surface area contributed by atoms with E-state index in [1.807, 2.05) is 41.3 Å². The Bertz CT molecular complexity index is 870. The van der Waals surface area contributed by atoms with E-state index in [2.05, 4.69) is 20.5 Å². The molecule has 0 saturated heterocycles. The molecule has 4 rings (SSSR count). The number of benzene rings is 1. The number of carbonyl (C=O) groups is 1. The molecule has 2 amide bonds. The lowest BCUT2D eigenvalue weighted by Crippen LogP contribution is -2.43. The normalized spacial score (nSPS) is 15.1. The highest BCUT2D eigenvalue weighted by molar-refractivity contribution is 5.92. The Morgan fingerprint density at radius 2 is 2.08 bits per heavy atom. The van der Waals surface area contributed by atoms with E-state index in [-0.39, 0.29) is 12.1 Å². The van der Waals surface area contributed by atoms with Crippen LogP contribution in [0.1, 0.15) is 37.8 Å². The van der Waals surface area contributed by atoms with Gasteiger partial charge in [0, 0.05) is 23.3 Å². The Morgan fingerprint density at radius 3 is 2.88 bits per heavy atom. The summed E-state index contributed by atoms with van der Waals surface area (Å²) in [6.45, 7) is 0.533. The number of amides is 2. The Kier molecular flexibility index (Phi) is 4.82. The van der Waals surface area contributed by atoms with E-state index in [4.69, 9.17) is 0 Å². The largest absolute Gasteiger partial charge is 0.322 e. The molecule has 6 heteroatoms. The number of anilines is 1. The summed E-state index contributed by atoms with van der Waals surface area (Å²) in [6.07, 6.45) is 9.26. The van der Waals surface area contributed by atoms with Gasteiger partial charge in [-0.2, -0.15) is 5.10 Å². The lowest BCUT2D eigenvalue weighted by Gasteiger charge is -2.34. The zero-order valence-electron chi connectivity index (χ0n) is 14.7. The number of hydrogen-bond donors (Lipinski definition) is 2. The van der Waals surface area contributed by atoms with Crippen LogP contribution in [0.15, 0.2) is 48.8 Å². The van der Waals surface area contributed by atoms with Gasteiger partial charge < -0.3 is 10.2 Å². The predicted octanol–water partition coefficient (Wildman–Crippen LogP) is 4.32. The lowest BCUT2D eigenvalue weighted by atomic mass is 9.94. The molecule has 2 N–H and O–H groups in total. The Labute approximate surface area is 152 Å². The summed E-state index contributed by atoms with van der Waals surface area (Å²) < 4.78 is 0. The quantitative estimate of drug-likeness (QED) is 0.736. The van der Waals surface area contributed by atoms with E-state index >= 15 is 0 Å². The number of fused-ring (bicyclic) bond motifs is 1. The van der Waals surface area contributed by atoms with E-state index in [0.717, 1.165) is 35.1 Å². The van der Waals surface area contributed by atoms with Crippen molar-refractivity contribution in [2.45, 2.75) is 44.7 Å². The highest BCUT2D eigenvalue weighted by atomic mass is 16.2. The minimum Gasteiger partial charge on any atom is -0.316 e. The van der Waals surface area contributed by atoms with Gasteiger partial charge in [0.2, 0.25) is 0 Å². The van der Waals surface area contributed by atoms with Crippen LogP contribution in [0.3, 0.4) is 0 Å². The van der Waals surface area contributed by atoms with Crippen molar-refractivity contribution in [3.05, 3.63) is 54.5 Å². The third-order valence-corrected chi connectivity index (χ3v) is 5.03. The van der Waals surface area contributed by atoms with E-state index < -0.39 is 0 Å². The van der Waals surface area contributed by atoms with E-state index in [1.54, 1.807) is 12.4 Å². The SMILES string of the molecule is O=C(Nc1ccc2[nH]ncc2c1)N(Cc1ccccn1)C1CCCCC1. The van der Waals surface area contributed by atoms with Crippen molar-refractivity contribution in [3.8, 4) is 0 Å². The summed E-state index contributed by atoms with van der Waals surface area (Å²) in [5.41, 5.74) is 2.66. The smallest absolute Gasteiger partial charge is 0.316 e. The summed E-state index contributed by atoms with van der Waals surface area (Å²) >= 11 is 0. The summed E-state index contributed by atoms with van der Waals surface area (Å²) in [6, 6.07) is 11.8. The lowest BCUT2D eigenvalue weighted by molar-refractivity contribution is 0.162. The van der Waals surface area contributed by atoms with Crippen LogP contribution in [0.25, 0.3) is 10.9 Å². The zero-order chi connectivity index (χ0) is 17.8. The number of H-pyrrole nitrogens is 1. The topological polar surface area (TPSA) is 73.9 Å². The molecule has 6 nitrogen and oxygen atoms in total. The van der Waals surface area contributed by atoms with Crippen molar-refractivity contribution < 1.29 is 4.79 Å². The highest BCUT2D eigenvalue weighted by Crippen LogP contribution is 2.25. The second-order valence-electron chi connectivity index (χ2n) is 6.84. The van der Waals surface area contributed by atoms with Crippen molar-refractivity contribution in [3.63, 3.8) is 0 Å². The highest BCUT2D eigenvalue weighted by Gasteiger charge is 2.26. The average Bonchev–Trinajstić information content (AvgIpc) is 3.15. The third-order valence-electron chi connectivity index (χ3n) is 5.03. The van der Waals surface area contributed by atoms with Gasteiger partial charge in [0.1, 0.15) is 0 Å². The molecule has 0 unspecified atom stereocenters. The van der Waals surface area contributed by atoms with Crippen molar-refractivity contribution in [1.29, 1.82) is 0 Å². The van der Waals surface area contributed by atoms with Crippen LogP contribution >= 0.6 is 0 Å². The molecule has 0 atom stereocenters. The molecule has 0 spiro atoms. The fourth-order valence-corrected chi connectivity index (χ4v) is 3.64. The molecule has 26 heavy (non-hydrogen) atoms. The monoisotopic (exact) mass is 349 g/mol. The molecule has 1 saturated carbocycles. The fraction of sp³-hybridized carbons (Fsp3) is 0.350. The number of rotatable bonds is 4. The van der Waals surface area contributed by atoms with Crippen LogP contribution in [0.5, 0.6) is 0 Å². The van der Waals surface area contributed by atoms with Crippen molar-refractivity contribution in [2.24, 2.45) is 0 Å². The molecule has 134 valence electrons. The molecule has 1 fully saturated rings. The Morgan fingerprint density at radius 1 is 1.19 bits per heavy atom. The van der Waals surface area contributed by atoms with Gasteiger partial charge in [0.15, 0.2) is 0 Å². The molecule has 2 heterocycles. The van der Waals surface area contributed by atoms with Gasteiger partial charge >= 0.3 is 6.03 Å². The van der Waals surface area contributed by atoms with Gasteiger partial charge in [-0.05, 0) is 43.2 Å². The molecular formula is C20H23N5O. The van der Waals surface area contributed by atoms with E-state index in [1.165, 1.54) is 19.3 Å². The number of aromatic amines is 1. The average molecular weight is 349 g/mol. The first-order valence-electron chi connectivity index (χ1n) is 9.20. The Hall–Kier alpha value is -2.89. The maximum Gasteiger partial charge on any atom is 0.322 e. The number of nitrogens with zero attached hydrogens (tertiary/aromatic N) is 3. The first-order valence-corrected chi connectivity index (χ1v) is 9.20. The van der Waals surface area contributed by atoms with Crippen LogP contribution in [0.4, 0.5) is 10.5 Å².